The van der Waals surface area contributed by atoms with E-state index in [0.717, 1.165) is 13.0 Å². The lowest BCUT2D eigenvalue weighted by atomic mass is 10.1. The molecule has 2 heteroatoms. The van der Waals surface area contributed by atoms with E-state index in [-0.39, 0.29) is 0 Å². The first-order valence-corrected chi connectivity index (χ1v) is 5.00. The SMILES string of the molecule is CCCc1cc2c(cn1)N(C)CC2. The lowest BCUT2D eigenvalue weighted by molar-refractivity contribution is 0.880. The topological polar surface area (TPSA) is 16.1 Å². The number of hydrogen-bond donors (Lipinski definition) is 0. The van der Waals surface area contributed by atoms with Gasteiger partial charge >= 0.3 is 0 Å². The van der Waals surface area contributed by atoms with Crippen LogP contribution >= 0.6 is 0 Å². The molecule has 2 nitrogen and oxygen atoms in total. The molecule has 0 atom stereocenters. The minimum Gasteiger partial charge on any atom is -0.373 e. The minimum atomic E-state index is 1.11. The van der Waals surface area contributed by atoms with Crippen LogP contribution in [-0.2, 0) is 12.8 Å². The quantitative estimate of drug-likeness (QED) is 0.685. The number of pyridine rings is 1. The van der Waals surface area contributed by atoms with Crippen molar-refractivity contribution < 1.29 is 0 Å². The van der Waals surface area contributed by atoms with Crippen molar-refractivity contribution >= 4 is 5.69 Å². The Labute approximate surface area is 79.6 Å². The van der Waals surface area contributed by atoms with Crippen molar-refractivity contribution in [3.63, 3.8) is 0 Å². The third kappa shape index (κ3) is 1.53. The summed E-state index contributed by atoms with van der Waals surface area (Å²) in [6.45, 7) is 3.34. The first-order chi connectivity index (χ1) is 6.31. The van der Waals surface area contributed by atoms with E-state index in [1.165, 1.54) is 29.8 Å². The van der Waals surface area contributed by atoms with Crippen LogP contribution in [0.4, 0.5) is 5.69 Å². The Kier molecular flexibility index (Phi) is 2.21. The zero-order chi connectivity index (χ0) is 9.26. The zero-order valence-electron chi connectivity index (χ0n) is 8.38. The molecular weight excluding hydrogens is 160 g/mol. The standard InChI is InChI=1S/C11H16N2/c1-3-4-10-7-9-5-6-13(2)11(9)8-12-10/h7-8H,3-6H2,1-2H3. The lowest BCUT2D eigenvalue weighted by Gasteiger charge is -2.11. The van der Waals surface area contributed by atoms with Gasteiger partial charge in [0.25, 0.3) is 0 Å². The number of aromatic nitrogens is 1. The van der Waals surface area contributed by atoms with Gasteiger partial charge in [0.2, 0.25) is 0 Å². The molecule has 1 aliphatic rings. The predicted octanol–water partition coefficient (Wildman–Crippen LogP) is 2.03. The molecule has 70 valence electrons. The summed E-state index contributed by atoms with van der Waals surface area (Å²) in [5.74, 6) is 0. The van der Waals surface area contributed by atoms with Gasteiger partial charge in [-0.25, -0.2) is 0 Å². The third-order valence-electron chi connectivity index (χ3n) is 2.66. The highest BCUT2D eigenvalue weighted by molar-refractivity contribution is 5.56. The molecule has 0 spiro atoms. The minimum absolute atomic E-state index is 1.11. The van der Waals surface area contributed by atoms with Crippen molar-refractivity contribution in [1.82, 2.24) is 4.98 Å². The van der Waals surface area contributed by atoms with Crippen LogP contribution in [0.25, 0.3) is 0 Å². The fourth-order valence-corrected chi connectivity index (χ4v) is 1.88. The van der Waals surface area contributed by atoms with Gasteiger partial charge in [0.05, 0.1) is 11.9 Å². The van der Waals surface area contributed by atoms with Crippen molar-refractivity contribution in [2.75, 3.05) is 18.5 Å². The summed E-state index contributed by atoms with van der Waals surface area (Å²) in [6.07, 6.45) is 5.50. The Morgan fingerprint density at radius 3 is 3.15 bits per heavy atom. The van der Waals surface area contributed by atoms with Gasteiger partial charge in [0, 0.05) is 19.3 Å². The van der Waals surface area contributed by atoms with Crippen LogP contribution < -0.4 is 4.90 Å². The number of likely N-dealkylation sites (N-methyl/N-ethyl adjacent to an activating group) is 1. The van der Waals surface area contributed by atoms with Gasteiger partial charge in [-0.2, -0.15) is 0 Å². The van der Waals surface area contributed by atoms with Crippen molar-refractivity contribution in [2.45, 2.75) is 26.2 Å². The Hall–Kier alpha value is -1.05. The summed E-state index contributed by atoms with van der Waals surface area (Å²) in [7, 11) is 2.13. The number of rotatable bonds is 2. The van der Waals surface area contributed by atoms with Crippen molar-refractivity contribution in [1.29, 1.82) is 0 Å². The Bertz CT molecular complexity index is 307. The highest BCUT2D eigenvalue weighted by atomic mass is 15.1. The maximum atomic E-state index is 4.45. The second kappa shape index (κ2) is 3.36. The molecule has 0 radical (unpaired) electrons. The maximum Gasteiger partial charge on any atom is 0.0583 e. The zero-order valence-corrected chi connectivity index (χ0v) is 8.38. The molecule has 1 aromatic heterocycles. The molecular formula is C11H16N2. The molecule has 0 fully saturated rings. The van der Waals surface area contributed by atoms with Gasteiger partial charge in [-0.05, 0) is 24.5 Å². The van der Waals surface area contributed by atoms with Crippen LogP contribution in [0.2, 0.25) is 0 Å². The lowest BCUT2D eigenvalue weighted by Crippen LogP contribution is -2.12. The van der Waals surface area contributed by atoms with E-state index < -0.39 is 0 Å². The van der Waals surface area contributed by atoms with Gasteiger partial charge < -0.3 is 4.90 Å². The Morgan fingerprint density at radius 1 is 1.54 bits per heavy atom. The largest absolute Gasteiger partial charge is 0.373 e. The van der Waals surface area contributed by atoms with Gasteiger partial charge in [-0.1, -0.05) is 13.3 Å². The second-order valence-electron chi connectivity index (χ2n) is 3.73. The van der Waals surface area contributed by atoms with Crippen LogP contribution in [0.3, 0.4) is 0 Å². The number of aryl methyl sites for hydroxylation is 1. The first kappa shape index (κ1) is 8.54. The van der Waals surface area contributed by atoms with Gasteiger partial charge in [-0.3, -0.25) is 4.98 Å². The van der Waals surface area contributed by atoms with Crippen LogP contribution in [0, 0.1) is 0 Å². The number of anilines is 1. The number of fused-ring (bicyclic) bond motifs is 1. The van der Waals surface area contributed by atoms with Crippen molar-refractivity contribution in [3.05, 3.63) is 23.5 Å². The van der Waals surface area contributed by atoms with Crippen LogP contribution in [0.15, 0.2) is 12.3 Å². The summed E-state index contributed by atoms with van der Waals surface area (Å²) >= 11 is 0. The summed E-state index contributed by atoms with van der Waals surface area (Å²) in [5.41, 5.74) is 4.04. The molecule has 0 aromatic carbocycles. The van der Waals surface area contributed by atoms with Crippen LogP contribution in [0.1, 0.15) is 24.6 Å². The van der Waals surface area contributed by atoms with Crippen LogP contribution in [0.5, 0.6) is 0 Å². The molecule has 1 aromatic rings. The fourth-order valence-electron chi connectivity index (χ4n) is 1.88. The summed E-state index contributed by atoms with van der Waals surface area (Å²) in [6, 6.07) is 2.27. The van der Waals surface area contributed by atoms with Gasteiger partial charge in [-0.15, -0.1) is 0 Å². The maximum absolute atomic E-state index is 4.45. The molecule has 0 saturated carbocycles. The van der Waals surface area contributed by atoms with E-state index in [0.29, 0.717) is 0 Å². The molecule has 1 aliphatic heterocycles. The highest BCUT2D eigenvalue weighted by Crippen LogP contribution is 2.25. The molecule has 0 aliphatic carbocycles. The summed E-state index contributed by atoms with van der Waals surface area (Å²) in [4.78, 5) is 6.72. The normalized spacial score (nSPS) is 14.8. The highest BCUT2D eigenvalue weighted by Gasteiger charge is 2.15. The first-order valence-electron chi connectivity index (χ1n) is 5.00. The summed E-state index contributed by atoms with van der Waals surface area (Å²) in [5, 5.41) is 0. The Balaban J connectivity index is 2.29. The molecule has 0 unspecified atom stereocenters. The molecule has 0 bridgehead atoms. The molecule has 0 N–H and O–H groups in total. The fraction of sp³-hybridized carbons (Fsp3) is 0.545. The second-order valence-corrected chi connectivity index (χ2v) is 3.73. The Morgan fingerprint density at radius 2 is 2.38 bits per heavy atom. The molecule has 0 amide bonds. The molecule has 13 heavy (non-hydrogen) atoms. The average molecular weight is 176 g/mol. The van der Waals surface area contributed by atoms with E-state index in [4.69, 9.17) is 0 Å². The molecule has 0 saturated heterocycles. The third-order valence-corrected chi connectivity index (χ3v) is 2.66. The predicted molar refractivity (Wildman–Crippen MR) is 55.2 cm³/mol. The van der Waals surface area contributed by atoms with E-state index in [1.807, 2.05) is 6.20 Å². The molecule has 2 heterocycles. The van der Waals surface area contributed by atoms with E-state index in [2.05, 4.69) is 29.9 Å². The van der Waals surface area contributed by atoms with E-state index >= 15 is 0 Å². The number of nitrogens with zero attached hydrogens (tertiary/aromatic N) is 2. The smallest absolute Gasteiger partial charge is 0.0583 e. The van der Waals surface area contributed by atoms with Crippen LogP contribution in [-0.4, -0.2) is 18.6 Å². The average Bonchev–Trinajstić information content (AvgIpc) is 2.48. The van der Waals surface area contributed by atoms with E-state index in [9.17, 15) is 0 Å². The van der Waals surface area contributed by atoms with E-state index in [1.54, 1.807) is 0 Å². The number of hydrogen-bond acceptors (Lipinski definition) is 2. The monoisotopic (exact) mass is 176 g/mol. The van der Waals surface area contributed by atoms with Crippen molar-refractivity contribution in [2.24, 2.45) is 0 Å². The van der Waals surface area contributed by atoms with Gasteiger partial charge in [0.15, 0.2) is 0 Å². The molecule has 2 rings (SSSR count). The van der Waals surface area contributed by atoms with Gasteiger partial charge in [0.1, 0.15) is 0 Å². The van der Waals surface area contributed by atoms with Crippen molar-refractivity contribution in [3.8, 4) is 0 Å². The summed E-state index contributed by atoms with van der Waals surface area (Å²) < 4.78 is 0.